The minimum absolute atomic E-state index is 0.150. The average molecular weight is 390 g/mol. The van der Waals surface area contributed by atoms with Gasteiger partial charge in [0.25, 0.3) is 5.91 Å². The predicted molar refractivity (Wildman–Crippen MR) is 112 cm³/mol. The number of carbonyl (C=O) groups excluding carboxylic acids is 1. The Morgan fingerprint density at radius 3 is 2.85 bits per heavy atom. The first kappa shape index (κ1) is 17.5. The molecule has 132 valence electrons. The lowest BCUT2D eigenvalue weighted by atomic mass is 10.1. The number of benzene rings is 1. The molecule has 0 unspecified atom stereocenters. The monoisotopic (exact) mass is 389 g/mol. The smallest absolute Gasteiger partial charge is 0.257 e. The van der Waals surface area contributed by atoms with Gasteiger partial charge < -0.3 is 5.32 Å². The van der Waals surface area contributed by atoms with Crippen molar-refractivity contribution in [3.05, 3.63) is 69.5 Å². The van der Waals surface area contributed by atoms with Gasteiger partial charge in [-0.15, -0.1) is 11.3 Å². The Hall–Kier alpha value is -2.88. The Balaban J connectivity index is 1.59. The molecule has 0 radical (unpaired) electrons. The number of thiophene rings is 1. The number of aromatic nitrogens is 2. The molecule has 1 amide bonds. The summed E-state index contributed by atoms with van der Waals surface area (Å²) in [6.07, 6.45) is 3.59. The highest BCUT2D eigenvalue weighted by atomic mass is 32.2. The van der Waals surface area contributed by atoms with Crippen LogP contribution in [0.3, 0.4) is 0 Å². The molecule has 2 aromatic heterocycles. The zero-order valence-corrected chi connectivity index (χ0v) is 16.2. The molecule has 6 heteroatoms. The molecule has 1 N–H and O–H groups in total. The fraction of sp³-hybridized carbons (Fsp3) is 0.0952. The Labute approximate surface area is 165 Å². The molecule has 0 atom stereocenters. The van der Waals surface area contributed by atoms with E-state index in [0.717, 1.165) is 27.3 Å². The second-order valence-corrected chi connectivity index (χ2v) is 7.89. The largest absolute Gasteiger partial charge is 0.306 e. The number of hydrogen-bond donors (Lipinski definition) is 1. The molecule has 3 heterocycles. The third-order valence-electron chi connectivity index (χ3n) is 3.84. The number of rotatable bonds is 3. The molecule has 1 aliphatic rings. The van der Waals surface area contributed by atoms with Crippen LogP contribution in [-0.4, -0.2) is 21.6 Å². The molecule has 4 rings (SSSR count). The molecule has 1 aliphatic heterocycles. The van der Waals surface area contributed by atoms with E-state index in [2.05, 4.69) is 27.1 Å². The number of nitrogens with one attached hydrogen (secondary N) is 1. The molecule has 1 aromatic carbocycles. The van der Waals surface area contributed by atoms with E-state index in [4.69, 9.17) is 0 Å². The van der Waals surface area contributed by atoms with Gasteiger partial charge >= 0.3 is 0 Å². The molecular weight excluding hydrogens is 374 g/mol. The van der Waals surface area contributed by atoms with E-state index >= 15 is 0 Å². The first-order valence-electron chi connectivity index (χ1n) is 8.42. The van der Waals surface area contributed by atoms with Crippen LogP contribution in [0, 0.1) is 11.8 Å². The molecule has 3 aromatic rings. The van der Waals surface area contributed by atoms with Crippen LogP contribution in [0.5, 0.6) is 0 Å². The predicted octanol–water partition coefficient (Wildman–Crippen LogP) is 4.54. The maximum absolute atomic E-state index is 12.3. The summed E-state index contributed by atoms with van der Waals surface area (Å²) in [6.45, 7) is 2.04. The Bertz CT molecular complexity index is 1090. The topological polar surface area (TPSA) is 54.9 Å². The maximum atomic E-state index is 12.3. The van der Waals surface area contributed by atoms with Gasteiger partial charge in [0.2, 0.25) is 0 Å². The summed E-state index contributed by atoms with van der Waals surface area (Å²) in [5.41, 5.74) is 3.24. The van der Waals surface area contributed by atoms with Crippen molar-refractivity contribution in [2.75, 3.05) is 11.1 Å². The van der Waals surface area contributed by atoms with Gasteiger partial charge in [-0.25, -0.2) is 9.97 Å². The van der Waals surface area contributed by atoms with E-state index < -0.39 is 0 Å². The van der Waals surface area contributed by atoms with Crippen molar-refractivity contribution in [3.8, 4) is 11.8 Å². The van der Waals surface area contributed by atoms with Gasteiger partial charge in [-0.3, -0.25) is 4.79 Å². The van der Waals surface area contributed by atoms with E-state index in [1.807, 2.05) is 54.8 Å². The first-order valence-corrected chi connectivity index (χ1v) is 10.3. The van der Waals surface area contributed by atoms with Crippen LogP contribution in [0.1, 0.15) is 28.5 Å². The van der Waals surface area contributed by atoms with Gasteiger partial charge in [0.15, 0.2) is 5.16 Å². The third-order valence-corrected chi connectivity index (χ3v) is 5.46. The van der Waals surface area contributed by atoms with Gasteiger partial charge in [0, 0.05) is 33.1 Å². The second kappa shape index (κ2) is 7.78. The quantitative estimate of drug-likeness (QED) is 0.309. The third kappa shape index (κ3) is 3.95. The molecule has 0 bridgehead atoms. The van der Waals surface area contributed by atoms with E-state index in [1.54, 1.807) is 29.3 Å². The number of amides is 1. The Morgan fingerprint density at radius 1 is 1.22 bits per heavy atom. The molecule has 0 fully saturated rings. The van der Waals surface area contributed by atoms with Gasteiger partial charge in [0.1, 0.15) is 5.82 Å². The van der Waals surface area contributed by atoms with Crippen molar-refractivity contribution in [2.24, 2.45) is 0 Å². The molecule has 0 spiro atoms. The molecule has 4 nitrogen and oxygen atoms in total. The lowest BCUT2D eigenvalue weighted by Gasteiger charge is -2.00. The van der Waals surface area contributed by atoms with Crippen LogP contribution in [0.25, 0.3) is 11.6 Å². The van der Waals surface area contributed by atoms with Crippen LogP contribution in [0.4, 0.5) is 5.82 Å². The highest BCUT2D eigenvalue weighted by molar-refractivity contribution is 7.99. The number of nitrogens with zero attached hydrogens (tertiary/aromatic N) is 2. The average Bonchev–Trinajstić information content (AvgIpc) is 3.25. The zero-order chi connectivity index (χ0) is 18.6. The number of anilines is 1. The van der Waals surface area contributed by atoms with Crippen LogP contribution < -0.4 is 5.32 Å². The van der Waals surface area contributed by atoms with Gasteiger partial charge in [0.05, 0.1) is 5.57 Å². The fourth-order valence-electron chi connectivity index (χ4n) is 2.60. The van der Waals surface area contributed by atoms with Crippen LogP contribution in [0.15, 0.2) is 53.1 Å². The van der Waals surface area contributed by atoms with Crippen LogP contribution >= 0.6 is 23.1 Å². The summed E-state index contributed by atoms with van der Waals surface area (Å²) < 4.78 is 0. The van der Waals surface area contributed by atoms with Crippen molar-refractivity contribution < 1.29 is 4.79 Å². The highest BCUT2D eigenvalue weighted by Gasteiger charge is 2.26. The number of fused-ring (bicyclic) bond motifs is 1. The summed E-state index contributed by atoms with van der Waals surface area (Å²) in [5, 5.41) is 5.49. The van der Waals surface area contributed by atoms with Crippen molar-refractivity contribution >= 4 is 46.5 Å². The summed E-state index contributed by atoms with van der Waals surface area (Å²) >= 11 is 3.10. The molecule has 0 aliphatic carbocycles. The van der Waals surface area contributed by atoms with E-state index in [-0.39, 0.29) is 5.91 Å². The second-order valence-electron chi connectivity index (χ2n) is 5.71. The lowest BCUT2D eigenvalue weighted by molar-refractivity contribution is -0.110. The molecule has 0 saturated carbocycles. The zero-order valence-electron chi connectivity index (χ0n) is 14.5. The van der Waals surface area contributed by atoms with E-state index in [1.165, 1.54) is 0 Å². The van der Waals surface area contributed by atoms with E-state index in [0.29, 0.717) is 16.5 Å². The molecule has 27 heavy (non-hydrogen) atoms. The Kier molecular flexibility index (Phi) is 5.05. The maximum Gasteiger partial charge on any atom is 0.257 e. The van der Waals surface area contributed by atoms with Gasteiger partial charge in [-0.1, -0.05) is 48.7 Å². The van der Waals surface area contributed by atoms with Gasteiger partial charge in [-0.05, 0) is 30.0 Å². The lowest BCUT2D eigenvalue weighted by Crippen LogP contribution is -2.04. The number of carbonyl (C=O) groups is 1. The standard InChI is InChI=1S/C21H15N3OS2/c1-2-26-21-22-12-18-17(20(25)23-19(18)24-21)11-16-10-15(13-27-16)9-8-14-6-4-3-5-7-14/h3-7,10-13H,2H2,1H3,(H,22,23,24,25). The van der Waals surface area contributed by atoms with Crippen molar-refractivity contribution in [2.45, 2.75) is 12.1 Å². The van der Waals surface area contributed by atoms with E-state index in [9.17, 15) is 4.79 Å². The van der Waals surface area contributed by atoms with Crippen molar-refractivity contribution in [3.63, 3.8) is 0 Å². The Morgan fingerprint density at radius 2 is 2.04 bits per heavy atom. The molecule has 0 saturated heterocycles. The summed E-state index contributed by atoms with van der Waals surface area (Å²) in [4.78, 5) is 22.1. The van der Waals surface area contributed by atoms with Crippen molar-refractivity contribution in [1.29, 1.82) is 0 Å². The molecular formula is C21H15N3OS2. The minimum atomic E-state index is -0.150. The van der Waals surface area contributed by atoms with Crippen LogP contribution in [-0.2, 0) is 4.79 Å². The number of thioether (sulfide) groups is 1. The first-order chi connectivity index (χ1) is 13.2. The summed E-state index contributed by atoms with van der Waals surface area (Å²) in [6, 6.07) is 11.9. The fourth-order valence-corrected chi connectivity index (χ4v) is 3.91. The number of hydrogen-bond acceptors (Lipinski definition) is 5. The van der Waals surface area contributed by atoms with Crippen LogP contribution in [0.2, 0.25) is 0 Å². The summed E-state index contributed by atoms with van der Waals surface area (Å²) in [5.74, 6) is 7.62. The van der Waals surface area contributed by atoms with Crippen molar-refractivity contribution in [1.82, 2.24) is 9.97 Å². The normalized spacial score (nSPS) is 13.8. The van der Waals surface area contributed by atoms with Gasteiger partial charge in [-0.2, -0.15) is 0 Å². The SMILES string of the molecule is CCSc1ncc2c(n1)NC(=O)C2=Cc1cc(C#Cc2ccccc2)cs1. The minimum Gasteiger partial charge on any atom is -0.306 e. The summed E-state index contributed by atoms with van der Waals surface area (Å²) in [7, 11) is 0. The highest BCUT2D eigenvalue weighted by Crippen LogP contribution is 2.33.